The number of likely N-dealkylation sites (tertiary alicyclic amines) is 1. The fourth-order valence-corrected chi connectivity index (χ4v) is 3.70. The second kappa shape index (κ2) is 5.35. The third-order valence-electron chi connectivity index (χ3n) is 5.00. The van der Waals surface area contributed by atoms with Crippen LogP contribution in [0.3, 0.4) is 0 Å². The summed E-state index contributed by atoms with van der Waals surface area (Å²) in [5.74, 6) is 1.07. The number of hydrogen-bond acceptors (Lipinski definition) is 3. The standard InChI is InChI=1S/C15H25N3O2/c1-10-9-17(2)7-5-12(10)18-8-6-13(19)16-14(15(18)20)11-3-4-11/h10-12,14H,3-9H2,1-2H3,(H,16,19). The van der Waals surface area contributed by atoms with Crippen LogP contribution in [0.15, 0.2) is 0 Å². The molecule has 0 spiro atoms. The van der Waals surface area contributed by atoms with Crippen molar-refractivity contribution in [3.63, 3.8) is 0 Å². The molecule has 112 valence electrons. The van der Waals surface area contributed by atoms with Crippen molar-refractivity contribution in [1.82, 2.24) is 15.1 Å². The zero-order chi connectivity index (χ0) is 14.3. The molecule has 0 radical (unpaired) electrons. The zero-order valence-corrected chi connectivity index (χ0v) is 12.5. The van der Waals surface area contributed by atoms with E-state index in [4.69, 9.17) is 0 Å². The molecule has 0 aromatic carbocycles. The van der Waals surface area contributed by atoms with Crippen LogP contribution in [0.4, 0.5) is 0 Å². The molecule has 3 atom stereocenters. The summed E-state index contributed by atoms with van der Waals surface area (Å²) >= 11 is 0. The molecule has 1 N–H and O–H groups in total. The van der Waals surface area contributed by atoms with Crippen LogP contribution in [0.5, 0.6) is 0 Å². The lowest BCUT2D eigenvalue weighted by Crippen LogP contribution is -2.55. The molecule has 2 aliphatic heterocycles. The largest absolute Gasteiger partial charge is 0.344 e. The summed E-state index contributed by atoms with van der Waals surface area (Å²) in [4.78, 5) is 29.0. The summed E-state index contributed by atoms with van der Waals surface area (Å²) in [5.41, 5.74) is 0. The van der Waals surface area contributed by atoms with Crippen LogP contribution in [0.25, 0.3) is 0 Å². The summed E-state index contributed by atoms with van der Waals surface area (Å²) in [5, 5.41) is 2.94. The van der Waals surface area contributed by atoms with Gasteiger partial charge in [0.25, 0.3) is 0 Å². The van der Waals surface area contributed by atoms with E-state index in [-0.39, 0.29) is 17.9 Å². The van der Waals surface area contributed by atoms with Crippen LogP contribution in [-0.2, 0) is 9.59 Å². The number of carbonyl (C=O) groups is 2. The van der Waals surface area contributed by atoms with Gasteiger partial charge in [-0.2, -0.15) is 0 Å². The Kier molecular flexibility index (Phi) is 3.71. The average Bonchev–Trinajstić information content (AvgIpc) is 3.21. The van der Waals surface area contributed by atoms with Gasteiger partial charge in [-0.3, -0.25) is 9.59 Å². The van der Waals surface area contributed by atoms with Crippen molar-refractivity contribution < 1.29 is 9.59 Å². The highest BCUT2D eigenvalue weighted by Gasteiger charge is 2.43. The molecule has 3 fully saturated rings. The predicted octanol–water partition coefficient (Wildman–Crippen LogP) is 0.454. The monoisotopic (exact) mass is 279 g/mol. The van der Waals surface area contributed by atoms with Crippen LogP contribution in [0, 0.1) is 11.8 Å². The van der Waals surface area contributed by atoms with Crippen LogP contribution in [0.1, 0.15) is 32.6 Å². The first-order valence-electron chi connectivity index (χ1n) is 7.84. The fraction of sp³-hybridized carbons (Fsp3) is 0.867. The molecule has 5 heteroatoms. The van der Waals surface area contributed by atoms with Gasteiger partial charge in [-0.05, 0) is 44.7 Å². The molecule has 0 aromatic heterocycles. The van der Waals surface area contributed by atoms with Crippen molar-refractivity contribution in [3.8, 4) is 0 Å². The number of nitrogens with one attached hydrogen (secondary N) is 1. The third kappa shape index (κ3) is 2.68. The summed E-state index contributed by atoms with van der Waals surface area (Å²) in [6, 6.07) is 0.0458. The maximum absolute atomic E-state index is 12.8. The van der Waals surface area contributed by atoms with Crippen molar-refractivity contribution in [2.75, 3.05) is 26.7 Å². The van der Waals surface area contributed by atoms with Gasteiger partial charge in [-0.1, -0.05) is 6.92 Å². The van der Waals surface area contributed by atoms with E-state index >= 15 is 0 Å². The van der Waals surface area contributed by atoms with E-state index in [0.29, 0.717) is 30.8 Å². The minimum atomic E-state index is -0.253. The van der Waals surface area contributed by atoms with Gasteiger partial charge >= 0.3 is 0 Å². The SMILES string of the molecule is CC1CN(C)CCC1N1CCC(=O)NC(C2CC2)C1=O. The fourth-order valence-electron chi connectivity index (χ4n) is 3.70. The third-order valence-corrected chi connectivity index (χ3v) is 5.00. The number of carbonyl (C=O) groups excluding carboxylic acids is 2. The quantitative estimate of drug-likeness (QED) is 0.799. The van der Waals surface area contributed by atoms with Gasteiger partial charge in [0.2, 0.25) is 11.8 Å². The Morgan fingerprint density at radius 2 is 1.90 bits per heavy atom. The Hall–Kier alpha value is -1.10. The predicted molar refractivity (Wildman–Crippen MR) is 76.1 cm³/mol. The molecule has 3 aliphatic rings. The molecule has 0 bridgehead atoms. The van der Waals surface area contributed by atoms with Gasteiger partial charge in [0.1, 0.15) is 6.04 Å². The van der Waals surface area contributed by atoms with Crippen molar-refractivity contribution in [2.24, 2.45) is 11.8 Å². The lowest BCUT2D eigenvalue weighted by Gasteiger charge is -2.42. The molecule has 2 saturated heterocycles. The first kappa shape index (κ1) is 13.9. The highest BCUT2D eigenvalue weighted by molar-refractivity contribution is 5.90. The number of nitrogens with zero attached hydrogens (tertiary/aromatic N) is 2. The van der Waals surface area contributed by atoms with E-state index in [2.05, 4.69) is 24.2 Å². The van der Waals surface area contributed by atoms with E-state index in [1.807, 2.05) is 4.90 Å². The van der Waals surface area contributed by atoms with Crippen LogP contribution in [-0.4, -0.2) is 60.4 Å². The molecule has 1 saturated carbocycles. The molecular weight excluding hydrogens is 254 g/mol. The maximum atomic E-state index is 12.8. The molecule has 2 amide bonds. The Labute approximate surface area is 120 Å². The molecule has 3 unspecified atom stereocenters. The molecular formula is C15H25N3O2. The minimum absolute atomic E-state index is 0.0401. The average molecular weight is 279 g/mol. The topological polar surface area (TPSA) is 52.6 Å². The van der Waals surface area contributed by atoms with E-state index in [9.17, 15) is 9.59 Å². The van der Waals surface area contributed by atoms with Gasteiger partial charge < -0.3 is 15.1 Å². The van der Waals surface area contributed by atoms with Crippen molar-refractivity contribution in [1.29, 1.82) is 0 Å². The Morgan fingerprint density at radius 3 is 2.55 bits per heavy atom. The highest BCUT2D eigenvalue weighted by atomic mass is 16.2. The Morgan fingerprint density at radius 1 is 1.15 bits per heavy atom. The number of hydrogen-bond donors (Lipinski definition) is 1. The van der Waals surface area contributed by atoms with E-state index in [1.54, 1.807) is 0 Å². The first-order valence-corrected chi connectivity index (χ1v) is 7.84. The van der Waals surface area contributed by atoms with E-state index in [1.165, 1.54) is 0 Å². The molecule has 1 aliphatic carbocycles. The molecule has 0 aromatic rings. The van der Waals surface area contributed by atoms with Crippen LogP contribution < -0.4 is 5.32 Å². The summed E-state index contributed by atoms with van der Waals surface area (Å²) in [7, 11) is 2.13. The smallest absolute Gasteiger partial charge is 0.245 e. The second-order valence-electron chi connectivity index (χ2n) is 6.76. The van der Waals surface area contributed by atoms with Gasteiger partial charge in [0, 0.05) is 25.6 Å². The maximum Gasteiger partial charge on any atom is 0.245 e. The Balaban J connectivity index is 1.76. The van der Waals surface area contributed by atoms with Gasteiger partial charge in [-0.25, -0.2) is 0 Å². The van der Waals surface area contributed by atoms with Crippen molar-refractivity contribution in [3.05, 3.63) is 0 Å². The zero-order valence-electron chi connectivity index (χ0n) is 12.5. The van der Waals surface area contributed by atoms with Gasteiger partial charge in [-0.15, -0.1) is 0 Å². The number of amides is 2. The van der Waals surface area contributed by atoms with Gasteiger partial charge in [0.05, 0.1) is 0 Å². The van der Waals surface area contributed by atoms with Crippen molar-refractivity contribution in [2.45, 2.75) is 44.7 Å². The van der Waals surface area contributed by atoms with Crippen molar-refractivity contribution >= 4 is 11.8 Å². The van der Waals surface area contributed by atoms with Crippen LogP contribution in [0.2, 0.25) is 0 Å². The Bertz CT molecular complexity index is 408. The molecule has 3 rings (SSSR count). The second-order valence-corrected chi connectivity index (χ2v) is 6.76. The van der Waals surface area contributed by atoms with Crippen LogP contribution >= 0.6 is 0 Å². The lowest BCUT2D eigenvalue weighted by molar-refractivity contribution is -0.138. The molecule has 2 heterocycles. The molecule has 20 heavy (non-hydrogen) atoms. The number of piperidine rings is 1. The summed E-state index contributed by atoms with van der Waals surface area (Å²) in [6.45, 7) is 4.88. The van der Waals surface area contributed by atoms with Gasteiger partial charge in [0.15, 0.2) is 0 Å². The summed E-state index contributed by atoms with van der Waals surface area (Å²) < 4.78 is 0. The van der Waals surface area contributed by atoms with E-state index in [0.717, 1.165) is 32.4 Å². The summed E-state index contributed by atoms with van der Waals surface area (Å²) in [6.07, 6.45) is 3.63. The first-order chi connectivity index (χ1) is 9.56. The number of rotatable bonds is 2. The molecule has 5 nitrogen and oxygen atoms in total. The highest BCUT2D eigenvalue weighted by Crippen LogP contribution is 2.35. The lowest BCUT2D eigenvalue weighted by atomic mass is 9.92. The minimum Gasteiger partial charge on any atom is -0.344 e. The normalized spacial score (nSPS) is 36.7. The van der Waals surface area contributed by atoms with E-state index < -0.39 is 0 Å².